The molecule has 0 saturated carbocycles. The van der Waals surface area contributed by atoms with Crippen molar-refractivity contribution in [2.24, 2.45) is 0 Å². The summed E-state index contributed by atoms with van der Waals surface area (Å²) in [6, 6.07) is 17.7. The molecule has 4 nitrogen and oxygen atoms in total. The molecule has 0 atom stereocenters. The van der Waals surface area contributed by atoms with E-state index in [1.807, 2.05) is 42.6 Å². The molecule has 0 unspecified atom stereocenters. The van der Waals surface area contributed by atoms with Crippen LogP contribution in [-0.4, -0.2) is 15.2 Å². The molecule has 0 bridgehead atoms. The number of hydrogen-bond donors (Lipinski definition) is 2. The van der Waals surface area contributed by atoms with Gasteiger partial charge >= 0.3 is 0 Å². The number of anilines is 2. The molecule has 31 heavy (non-hydrogen) atoms. The van der Waals surface area contributed by atoms with Crippen LogP contribution in [0.15, 0.2) is 78.7 Å². The molecule has 0 fully saturated rings. The Hall–Kier alpha value is -3.43. The van der Waals surface area contributed by atoms with E-state index in [4.69, 9.17) is 4.98 Å². The number of phenols is 1. The van der Waals surface area contributed by atoms with E-state index in [2.05, 4.69) is 29.2 Å². The summed E-state index contributed by atoms with van der Waals surface area (Å²) in [5.41, 5.74) is 3.11. The number of rotatable bonds is 1. The molecular weight excluding hydrogens is 438 g/mol. The van der Waals surface area contributed by atoms with E-state index in [1.54, 1.807) is 18.2 Å². The van der Waals surface area contributed by atoms with E-state index in [-0.39, 0.29) is 25.2 Å². The van der Waals surface area contributed by atoms with E-state index in [0.29, 0.717) is 12.2 Å². The van der Waals surface area contributed by atoms with Crippen molar-refractivity contribution in [1.29, 1.82) is 0 Å². The molecule has 0 amide bonds. The molecule has 0 spiro atoms. The predicted molar refractivity (Wildman–Crippen MR) is 121 cm³/mol. The molecule has 0 saturated heterocycles. The van der Waals surface area contributed by atoms with Gasteiger partial charge in [-0.15, -0.1) is 0 Å². The fourth-order valence-corrected chi connectivity index (χ4v) is 4.40. The van der Waals surface area contributed by atoms with Crippen LogP contribution in [0.1, 0.15) is 5.56 Å². The van der Waals surface area contributed by atoms with Crippen molar-refractivity contribution in [3.05, 3.63) is 94.7 Å². The minimum absolute atomic E-state index is 0. The number of fused-ring (bicyclic) bond motifs is 6. The first-order valence-corrected chi connectivity index (χ1v) is 9.89. The summed E-state index contributed by atoms with van der Waals surface area (Å²) in [4.78, 5) is 7.03. The number of allylic oxidation sites excluding steroid dienone is 3. The van der Waals surface area contributed by atoms with Crippen molar-refractivity contribution in [1.82, 2.24) is 4.98 Å². The van der Waals surface area contributed by atoms with Crippen molar-refractivity contribution in [3.63, 3.8) is 0 Å². The number of aromatic hydroxyl groups is 1. The first-order chi connectivity index (χ1) is 14.7. The Balaban J connectivity index is 0.00000204. The molecule has 2 heterocycles. The Morgan fingerprint density at radius 2 is 1.68 bits per heavy atom. The van der Waals surface area contributed by atoms with Gasteiger partial charge in [0.1, 0.15) is 11.6 Å². The number of phenolic OH excluding ortho intramolecular Hbond substituents is 1. The van der Waals surface area contributed by atoms with Crippen LogP contribution in [0.5, 0.6) is 5.75 Å². The Morgan fingerprint density at radius 1 is 0.806 bits per heavy atom. The second-order valence-electron chi connectivity index (χ2n) is 7.66. The van der Waals surface area contributed by atoms with Gasteiger partial charge in [0.25, 0.3) is 0 Å². The number of aliphatic hydroxyl groups excluding tert-OH is 1. The zero-order valence-electron chi connectivity index (χ0n) is 16.8. The molecule has 3 aromatic carbocycles. The molecule has 2 N–H and O–H groups in total. The number of hydrogen-bond acceptors (Lipinski definition) is 4. The third-order valence-corrected chi connectivity index (χ3v) is 5.83. The van der Waals surface area contributed by atoms with Gasteiger partial charge in [0.2, 0.25) is 0 Å². The summed E-state index contributed by atoms with van der Waals surface area (Å²) in [5, 5.41) is 25.0. The van der Waals surface area contributed by atoms with Gasteiger partial charge in [-0.3, -0.25) is 0 Å². The molecule has 0 radical (unpaired) electrons. The summed E-state index contributed by atoms with van der Waals surface area (Å²) < 4.78 is 0. The van der Waals surface area contributed by atoms with Gasteiger partial charge in [-0.05, 0) is 70.1 Å². The van der Waals surface area contributed by atoms with E-state index >= 15 is 0 Å². The van der Waals surface area contributed by atoms with Crippen LogP contribution < -0.4 is 15.3 Å². The summed E-state index contributed by atoms with van der Waals surface area (Å²) in [6.45, 7) is 0. The van der Waals surface area contributed by atoms with E-state index in [0.717, 1.165) is 49.2 Å². The predicted octanol–water partition coefficient (Wildman–Crippen LogP) is 4.32. The third-order valence-electron chi connectivity index (χ3n) is 5.83. The van der Waals surface area contributed by atoms with Crippen molar-refractivity contribution in [2.75, 3.05) is 4.90 Å². The Morgan fingerprint density at radius 3 is 2.58 bits per heavy atom. The van der Waals surface area contributed by atoms with Crippen LogP contribution in [0.4, 0.5) is 11.5 Å². The molecule has 2 aliphatic rings. The van der Waals surface area contributed by atoms with Crippen LogP contribution in [0.3, 0.4) is 0 Å². The average Bonchev–Trinajstić information content (AvgIpc) is 2.77. The molecule has 1 aliphatic heterocycles. The quantitative estimate of drug-likeness (QED) is 0.332. The zero-order chi connectivity index (χ0) is 20.2. The summed E-state index contributed by atoms with van der Waals surface area (Å²) in [6.07, 6.45) is 10.5. The molecule has 6 rings (SSSR count). The molecular formula is C26H18N2O2Zn. The fraction of sp³-hybridized carbons (Fsp3) is 0.0385. The minimum atomic E-state index is 0. The minimum Gasteiger partial charge on any atom is -0.512 e. The van der Waals surface area contributed by atoms with Crippen molar-refractivity contribution >= 4 is 45.3 Å². The second-order valence-corrected chi connectivity index (χ2v) is 7.66. The summed E-state index contributed by atoms with van der Waals surface area (Å²) in [7, 11) is 0. The van der Waals surface area contributed by atoms with Gasteiger partial charge in [0.15, 0.2) is 0 Å². The monoisotopic (exact) mass is 454 g/mol. The van der Waals surface area contributed by atoms with Crippen LogP contribution in [0.25, 0.3) is 33.8 Å². The molecule has 146 valence electrons. The molecule has 4 aromatic rings. The first-order valence-electron chi connectivity index (χ1n) is 9.89. The molecule has 1 aromatic heterocycles. The van der Waals surface area contributed by atoms with Gasteiger partial charge in [-0.1, -0.05) is 30.4 Å². The average molecular weight is 456 g/mol. The summed E-state index contributed by atoms with van der Waals surface area (Å²) in [5.74, 6) is 1.50. The van der Waals surface area contributed by atoms with Crippen LogP contribution in [-0.2, 0) is 25.9 Å². The van der Waals surface area contributed by atoms with Gasteiger partial charge in [0, 0.05) is 42.7 Å². The van der Waals surface area contributed by atoms with Crippen molar-refractivity contribution < 1.29 is 29.7 Å². The van der Waals surface area contributed by atoms with Gasteiger partial charge in [-0.25, -0.2) is 4.98 Å². The largest absolute Gasteiger partial charge is 0.512 e. The standard InChI is InChI=1S/C26H18N2O2.Zn/c29-18-5-7-20-16(14-18)3-10-24-22(20)9-12-26(27-24)28-13-1-2-23-21-8-6-19(30)15-17(21)4-11-25(23)28;/h1-14,29-30H,15H2;. The van der Waals surface area contributed by atoms with E-state index < -0.39 is 0 Å². The van der Waals surface area contributed by atoms with Crippen LogP contribution >= 0.6 is 0 Å². The van der Waals surface area contributed by atoms with Crippen LogP contribution in [0, 0.1) is 0 Å². The number of benzene rings is 3. The molecule has 5 heteroatoms. The van der Waals surface area contributed by atoms with Crippen molar-refractivity contribution in [3.8, 4) is 5.75 Å². The smallest absolute Gasteiger partial charge is 0.137 e. The second kappa shape index (κ2) is 7.37. The maximum Gasteiger partial charge on any atom is 0.137 e. The Labute approximate surface area is 191 Å². The number of aliphatic hydroxyl groups is 1. The maximum atomic E-state index is 9.85. The van der Waals surface area contributed by atoms with Gasteiger partial charge in [0.05, 0.1) is 17.0 Å². The molecule has 1 aliphatic carbocycles. The number of aromatic nitrogens is 1. The normalized spacial score (nSPS) is 14.2. The van der Waals surface area contributed by atoms with E-state index in [1.165, 1.54) is 0 Å². The van der Waals surface area contributed by atoms with E-state index in [9.17, 15) is 10.2 Å². The van der Waals surface area contributed by atoms with Crippen LogP contribution in [0.2, 0.25) is 0 Å². The van der Waals surface area contributed by atoms with Gasteiger partial charge < -0.3 is 15.1 Å². The first kappa shape index (κ1) is 19.5. The van der Waals surface area contributed by atoms with Crippen molar-refractivity contribution in [2.45, 2.75) is 6.42 Å². The Bertz CT molecular complexity index is 1550. The summed E-state index contributed by atoms with van der Waals surface area (Å²) >= 11 is 0. The Kier molecular flexibility index (Phi) is 4.64. The fourth-order valence-electron chi connectivity index (χ4n) is 4.40. The topological polar surface area (TPSA) is 56.6 Å². The zero-order valence-corrected chi connectivity index (χ0v) is 19.8. The third kappa shape index (κ3) is 3.13. The SMILES string of the molecule is OC1=CC=c2c(ccc3c2=CC=CN3c2ccc3c(ccc4cc(O)ccc43)n2)C1.[Zn]. The number of nitrogens with zero attached hydrogens (tertiary/aromatic N) is 2. The number of pyridine rings is 1. The van der Waals surface area contributed by atoms with Gasteiger partial charge in [-0.2, -0.15) is 0 Å². The maximum absolute atomic E-state index is 9.85.